The van der Waals surface area contributed by atoms with E-state index in [0.717, 1.165) is 0 Å². The molecule has 0 saturated carbocycles. The lowest BCUT2D eigenvalue weighted by Gasteiger charge is -2.26. The average Bonchev–Trinajstić information content (AvgIpc) is 2.17. The second-order valence-corrected chi connectivity index (χ2v) is 4.24. The first-order chi connectivity index (χ1) is 6.94. The molecule has 0 fully saturated rings. The summed E-state index contributed by atoms with van der Waals surface area (Å²) in [7, 11) is 1.60. The maximum absolute atomic E-state index is 12.9. The minimum atomic E-state index is -0.698. The predicted octanol–water partition coefficient (Wildman–Crippen LogP) is 2.67. The molecule has 1 aromatic carbocycles. The lowest BCUT2D eigenvalue weighted by Crippen LogP contribution is -2.25. The molecule has 0 aromatic heterocycles. The van der Waals surface area contributed by atoms with E-state index in [1.165, 1.54) is 12.1 Å². The molecule has 15 heavy (non-hydrogen) atoms. The zero-order valence-electron chi connectivity index (χ0n) is 9.33. The second kappa shape index (κ2) is 4.73. The zero-order valence-corrected chi connectivity index (χ0v) is 9.33. The standard InChI is InChI=1S/C12H17FO2/c1-12(2,15-3)8-11(14)9-5-4-6-10(13)7-9/h4-7,11,14H,8H2,1-3H3. The van der Waals surface area contributed by atoms with Crippen LogP contribution in [0.25, 0.3) is 0 Å². The minimum Gasteiger partial charge on any atom is -0.388 e. The van der Waals surface area contributed by atoms with Crippen LogP contribution in [0, 0.1) is 5.82 Å². The highest BCUT2D eigenvalue weighted by molar-refractivity contribution is 5.19. The number of ether oxygens (including phenoxy) is 1. The van der Waals surface area contributed by atoms with E-state index in [-0.39, 0.29) is 5.82 Å². The number of halogens is 1. The average molecular weight is 212 g/mol. The van der Waals surface area contributed by atoms with Gasteiger partial charge in [0.05, 0.1) is 11.7 Å². The monoisotopic (exact) mass is 212 g/mol. The number of hydrogen-bond acceptors (Lipinski definition) is 2. The maximum atomic E-state index is 12.9. The molecule has 1 aromatic rings. The van der Waals surface area contributed by atoms with Crippen molar-refractivity contribution in [2.24, 2.45) is 0 Å². The van der Waals surface area contributed by atoms with Crippen molar-refractivity contribution in [3.8, 4) is 0 Å². The fourth-order valence-electron chi connectivity index (χ4n) is 1.38. The molecule has 0 aliphatic rings. The molecule has 1 N–H and O–H groups in total. The van der Waals surface area contributed by atoms with E-state index in [1.807, 2.05) is 13.8 Å². The zero-order chi connectivity index (χ0) is 11.5. The summed E-state index contributed by atoms with van der Waals surface area (Å²) in [4.78, 5) is 0. The van der Waals surface area contributed by atoms with E-state index < -0.39 is 11.7 Å². The fourth-order valence-corrected chi connectivity index (χ4v) is 1.38. The Morgan fingerprint density at radius 3 is 2.67 bits per heavy atom. The number of benzene rings is 1. The van der Waals surface area contributed by atoms with Gasteiger partial charge in [0, 0.05) is 13.5 Å². The Morgan fingerprint density at radius 2 is 2.13 bits per heavy atom. The molecule has 0 aliphatic heterocycles. The van der Waals surface area contributed by atoms with Gasteiger partial charge in [-0.3, -0.25) is 0 Å². The molecular formula is C12H17FO2. The second-order valence-electron chi connectivity index (χ2n) is 4.24. The summed E-state index contributed by atoms with van der Waals surface area (Å²) in [6, 6.07) is 6.00. The van der Waals surface area contributed by atoms with E-state index in [1.54, 1.807) is 19.2 Å². The van der Waals surface area contributed by atoms with Crippen LogP contribution in [0.2, 0.25) is 0 Å². The number of methoxy groups -OCH3 is 1. The van der Waals surface area contributed by atoms with E-state index in [9.17, 15) is 9.50 Å². The van der Waals surface area contributed by atoms with Crippen LogP contribution in [-0.4, -0.2) is 17.8 Å². The van der Waals surface area contributed by atoms with Crippen LogP contribution in [0.3, 0.4) is 0 Å². The number of rotatable bonds is 4. The predicted molar refractivity (Wildman–Crippen MR) is 57.1 cm³/mol. The summed E-state index contributed by atoms with van der Waals surface area (Å²) in [6.07, 6.45) is -0.261. The highest BCUT2D eigenvalue weighted by Crippen LogP contribution is 2.25. The van der Waals surface area contributed by atoms with Crippen molar-refractivity contribution >= 4 is 0 Å². The molecule has 1 rings (SSSR count). The van der Waals surface area contributed by atoms with E-state index in [4.69, 9.17) is 4.74 Å². The van der Waals surface area contributed by atoms with Gasteiger partial charge < -0.3 is 9.84 Å². The Morgan fingerprint density at radius 1 is 1.47 bits per heavy atom. The van der Waals surface area contributed by atoms with Gasteiger partial charge in [0.15, 0.2) is 0 Å². The summed E-state index contributed by atoms with van der Waals surface area (Å²) < 4.78 is 18.1. The molecule has 3 heteroatoms. The van der Waals surface area contributed by atoms with Crippen LogP contribution in [-0.2, 0) is 4.74 Å². The number of aliphatic hydroxyl groups is 1. The molecule has 0 spiro atoms. The van der Waals surface area contributed by atoms with Crippen LogP contribution in [0.1, 0.15) is 31.9 Å². The third-order valence-electron chi connectivity index (χ3n) is 2.47. The van der Waals surface area contributed by atoms with Gasteiger partial charge >= 0.3 is 0 Å². The first kappa shape index (κ1) is 12.1. The van der Waals surface area contributed by atoms with Crippen molar-refractivity contribution in [1.29, 1.82) is 0 Å². The highest BCUT2D eigenvalue weighted by atomic mass is 19.1. The van der Waals surface area contributed by atoms with E-state index in [2.05, 4.69) is 0 Å². The third-order valence-corrected chi connectivity index (χ3v) is 2.47. The smallest absolute Gasteiger partial charge is 0.123 e. The molecular weight excluding hydrogens is 195 g/mol. The number of hydrogen-bond donors (Lipinski definition) is 1. The summed E-state index contributed by atoms with van der Waals surface area (Å²) in [5.41, 5.74) is 0.172. The summed E-state index contributed by atoms with van der Waals surface area (Å²) in [6.45, 7) is 3.77. The van der Waals surface area contributed by atoms with Crippen LogP contribution < -0.4 is 0 Å². The van der Waals surface area contributed by atoms with Crippen molar-refractivity contribution in [2.75, 3.05) is 7.11 Å². The molecule has 0 aliphatic carbocycles. The van der Waals surface area contributed by atoms with Gasteiger partial charge in [-0.15, -0.1) is 0 Å². The number of aliphatic hydroxyl groups excluding tert-OH is 1. The van der Waals surface area contributed by atoms with Crippen molar-refractivity contribution in [2.45, 2.75) is 32.0 Å². The van der Waals surface area contributed by atoms with E-state index >= 15 is 0 Å². The first-order valence-corrected chi connectivity index (χ1v) is 4.93. The Hall–Kier alpha value is -0.930. The normalized spacial score (nSPS) is 13.9. The van der Waals surface area contributed by atoms with Crippen LogP contribution in [0.15, 0.2) is 24.3 Å². The Balaban J connectivity index is 2.73. The molecule has 84 valence electrons. The molecule has 0 bridgehead atoms. The van der Waals surface area contributed by atoms with Gasteiger partial charge in [-0.25, -0.2) is 4.39 Å². The van der Waals surface area contributed by atoms with Crippen molar-refractivity contribution < 1.29 is 14.2 Å². The Kier molecular flexibility index (Phi) is 3.83. The fraction of sp³-hybridized carbons (Fsp3) is 0.500. The quantitative estimate of drug-likeness (QED) is 0.831. The largest absolute Gasteiger partial charge is 0.388 e. The van der Waals surface area contributed by atoms with Crippen molar-refractivity contribution in [3.63, 3.8) is 0 Å². The minimum absolute atomic E-state index is 0.332. The van der Waals surface area contributed by atoms with Crippen LogP contribution in [0.5, 0.6) is 0 Å². The molecule has 0 heterocycles. The highest BCUT2D eigenvalue weighted by Gasteiger charge is 2.22. The summed E-state index contributed by atoms with van der Waals surface area (Å²) in [5.74, 6) is -0.332. The van der Waals surface area contributed by atoms with Gasteiger partial charge in [0.25, 0.3) is 0 Å². The van der Waals surface area contributed by atoms with Crippen LogP contribution >= 0.6 is 0 Å². The summed E-state index contributed by atoms with van der Waals surface area (Å²) >= 11 is 0. The van der Waals surface area contributed by atoms with Crippen molar-refractivity contribution in [1.82, 2.24) is 0 Å². The van der Waals surface area contributed by atoms with Crippen molar-refractivity contribution in [3.05, 3.63) is 35.6 Å². The van der Waals surface area contributed by atoms with E-state index in [0.29, 0.717) is 12.0 Å². The van der Waals surface area contributed by atoms with Crippen LogP contribution in [0.4, 0.5) is 4.39 Å². The topological polar surface area (TPSA) is 29.5 Å². The van der Waals surface area contributed by atoms with Gasteiger partial charge in [0.1, 0.15) is 5.82 Å². The maximum Gasteiger partial charge on any atom is 0.123 e. The van der Waals surface area contributed by atoms with Gasteiger partial charge in [-0.1, -0.05) is 12.1 Å². The molecule has 0 saturated heterocycles. The lowest BCUT2D eigenvalue weighted by molar-refractivity contribution is -0.0201. The van der Waals surface area contributed by atoms with Gasteiger partial charge in [0.2, 0.25) is 0 Å². The Labute approximate surface area is 89.7 Å². The molecule has 1 unspecified atom stereocenters. The molecule has 2 nitrogen and oxygen atoms in total. The first-order valence-electron chi connectivity index (χ1n) is 4.93. The molecule has 1 atom stereocenters. The lowest BCUT2D eigenvalue weighted by atomic mass is 9.96. The van der Waals surface area contributed by atoms with Gasteiger partial charge in [-0.2, -0.15) is 0 Å². The molecule has 0 amide bonds. The SMILES string of the molecule is COC(C)(C)CC(O)c1cccc(F)c1. The molecule has 0 radical (unpaired) electrons. The summed E-state index contributed by atoms with van der Waals surface area (Å²) in [5, 5.41) is 9.87. The Bertz CT molecular complexity index is 323. The third kappa shape index (κ3) is 3.61. The van der Waals surface area contributed by atoms with Gasteiger partial charge in [-0.05, 0) is 31.5 Å².